The first-order chi connectivity index (χ1) is 22.0. The Balaban J connectivity index is 1.32. The molecule has 8 aromatic rings. The zero-order valence-electron chi connectivity index (χ0n) is 24.1. The van der Waals surface area contributed by atoms with E-state index in [-0.39, 0.29) is 11.5 Å². The van der Waals surface area contributed by atoms with Gasteiger partial charge in [0.25, 0.3) is 0 Å². The van der Waals surface area contributed by atoms with Gasteiger partial charge in [-0.1, -0.05) is 72.8 Å². The number of sulfone groups is 1. The van der Waals surface area contributed by atoms with Crippen molar-refractivity contribution < 1.29 is 8.42 Å². The van der Waals surface area contributed by atoms with E-state index in [9.17, 15) is 8.42 Å². The van der Waals surface area contributed by atoms with Crippen molar-refractivity contribution in [3.05, 3.63) is 150 Å². The largest absolute Gasteiger partial charge is 0.309 e. The van der Waals surface area contributed by atoms with Crippen LogP contribution in [0.5, 0.6) is 0 Å². The van der Waals surface area contributed by atoms with Gasteiger partial charge < -0.3 is 9.13 Å². The van der Waals surface area contributed by atoms with E-state index >= 15 is 0 Å². The van der Waals surface area contributed by atoms with Gasteiger partial charge in [0.1, 0.15) is 0 Å². The van der Waals surface area contributed by atoms with Crippen LogP contribution in [0, 0.1) is 6.57 Å². The first kappa shape index (κ1) is 25.8. The van der Waals surface area contributed by atoms with E-state index < -0.39 is 9.84 Å². The van der Waals surface area contributed by atoms with E-state index in [0.717, 1.165) is 66.5 Å². The van der Waals surface area contributed by atoms with Crippen LogP contribution < -0.4 is 0 Å². The molecule has 0 atom stereocenters. The predicted molar refractivity (Wildman–Crippen MR) is 183 cm³/mol. The highest BCUT2D eigenvalue weighted by atomic mass is 32.2. The minimum atomic E-state index is -3.37. The van der Waals surface area contributed by atoms with E-state index in [1.807, 2.05) is 54.6 Å². The Morgan fingerprint density at radius 3 is 1.44 bits per heavy atom. The van der Waals surface area contributed by atoms with Crippen molar-refractivity contribution in [2.24, 2.45) is 0 Å². The van der Waals surface area contributed by atoms with Crippen molar-refractivity contribution in [3.63, 3.8) is 0 Å². The molecular weight excluding hydrogens is 575 g/mol. The normalized spacial score (nSPS) is 13.9. The summed E-state index contributed by atoms with van der Waals surface area (Å²) in [5.41, 5.74) is 10.3. The SMILES string of the molecule is [C-]#[N+]c1ccc2c(c1)c1ccccc1n2-c1ccc2c(c1)-c1cc(-n3c4ccccc4c4ccccc43)ccc1CS(=O)(=O)C2. The second kappa shape index (κ2) is 9.43. The van der Waals surface area contributed by atoms with Gasteiger partial charge in [-0.2, -0.15) is 0 Å². The fourth-order valence-corrected chi connectivity index (χ4v) is 8.75. The summed E-state index contributed by atoms with van der Waals surface area (Å²) in [5.74, 6) is -0.0157. The molecule has 1 aliphatic heterocycles. The lowest BCUT2D eigenvalue weighted by Gasteiger charge is -2.16. The molecule has 0 amide bonds. The second-order valence-electron chi connectivity index (χ2n) is 11.8. The monoisotopic (exact) mass is 599 g/mol. The summed E-state index contributed by atoms with van der Waals surface area (Å²) in [6, 6.07) is 43.2. The molecule has 45 heavy (non-hydrogen) atoms. The van der Waals surface area contributed by atoms with Gasteiger partial charge >= 0.3 is 0 Å². The molecule has 6 heteroatoms. The molecule has 0 fully saturated rings. The molecule has 9 rings (SSSR count). The molecule has 0 spiro atoms. The van der Waals surface area contributed by atoms with Crippen LogP contribution in [0.15, 0.2) is 127 Å². The number of fused-ring (bicyclic) bond motifs is 9. The lowest BCUT2D eigenvalue weighted by atomic mass is 9.95. The van der Waals surface area contributed by atoms with Crippen molar-refractivity contribution in [1.82, 2.24) is 9.13 Å². The summed E-state index contributed by atoms with van der Waals surface area (Å²) in [7, 11) is -3.37. The number of nitrogens with zero attached hydrogens (tertiary/aromatic N) is 3. The van der Waals surface area contributed by atoms with Crippen LogP contribution >= 0.6 is 0 Å². The van der Waals surface area contributed by atoms with Crippen molar-refractivity contribution in [1.29, 1.82) is 0 Å². The summed E-state index contributed by atoms with van der Waals surface area (Å²) in [6.45, 7) is 7.55. The fraction of sp³-hybridized carbons (Fsp3) is 0.0513. The van der Waals surface area contributed by atoms with Crippen LogP contribution in [0.25, 0.3) is 71.0 Å². The molecule has 0 saturated heterocycles. The Morgan fingerprint density at radius 2 is 0.956 bits per heavy atom. The number of benzene rings is 6. The van der Waals surface area contributed by atoms with Gasteiger partial charge in [0, 0.05) is 27.5 Å². The minimum absolute atomic E-state index is 0.00537. The van der Waals surface area contributed by atoms with Gasteiger partial charge in [-0.05, 0) is 82.2 Å². The summed E-state index contributed by atoms with van der Waals surface area (Å²) in [4.78, 5) is 3.67. The summed E-state index contributed by atoms with van der Waals surface area (Å²) < 4.78 is 31.2. The molecule has 214 valence electrons. The van der Waals surface area contributed by atoms with Gasteiger partial charge in [-0.15, -0.1) is 0 Å². The van der Waals surface area contributed by atoms with Crippen LogP contribution in [0.4, 0.5) is 5.69 Å². The number of hydrogen-bond donors (Lipinski definition) is 0. The predicted octanol–water partition coefficient (Wildman–Crippen LogP) is 9.53. The van der Waals surface area contributed by atoms with E-state index in [2.05, 4.69) is 86.8 Å². The molecule has 0 radical (unpaired) electrons. The van der Waals surface area contributed by atoms with Gasteiger partial charge in [0.2, 0.25) is 0 Å². The number of aromatic nitrogens is 2. The maximum Gasteiger partial charge on any atom is 0.188 e. The lowest BCUT2D eigenvalue weighted by Crippen LogP contribution is -2.05. The zero-order chi connectivity index (χ0) is 30.3. The lowest BCUT2D eigenvalue weighted by molar-refractivity contribution is 0.595. The third kappa shape index (κ3) is 3.88. The van der Waals surface area contributed by atoms with Crippen molar-refractivity contribution in [2.45, 2.75) is 11.5 Å². The van der Waals surface area contributed by atoms with Crippen molar-refractivity contribution in [3.8, 4) is 22.5 Å². The first-order valence-corrected chi connectivity index (χ1v) is 16.7. The van der Waals surface area contributed by atoms with E-state index in [1.54, 1.807) is 0 Å². The molecule has 0 N–H and O–H groups in total. The first-order valence-electron chi connectivity index (χ1n) is 14.9. The zero-order valence-corrected chi connectivity index (χ0v) is 24.9. The van der Waals surface area contributed by atoms with Crippen LogP contribution in [-0.2, 0) is 21.3 Å². The summed E-state index contributed by atoms with van der Waals surface area (Å²) in [5, 5.41) is 4.46. The van der Waals surface area contributed by atoms with Crippen LogP contribution in [-0.4, -0.2) is 17.6 Å². The fourth-order valence-electron chi connectivity index (χ4n) is 7.19. The summed E-state index contributed by atoms with van der Waals surface area (Å²) in [6.07, 6.45) is 0. The Kier molecular flexibility index (Phi) is 5.41. The Bertz CT molecular complexity index is 2640. The molecule has 2 aromatic heterocycles. The molecule has 0 bridgehead atoms. The van der Waals surface area contributed by atoms with Crippen LogP contribution in [0.3, 0.4) is 0 Å². The number of rotatable bonds is 2. The van der Waals surface area contributed by atoms with Gasteiger partial charge in [-0.3, -0.25) is 0 Å². The number of para-hydroxylation sites is 3. The average molecular weight is 600 g/mol. The molecule has 6 aromatic carbocycles. The molecule has 1 aliphatic rings. The van der Waals surface area contributed by atoms with Crippen molar-refractivity contribution in [2.75, 3.05) is 0 Å². The molecule has 0 aliphatic carbocycles. The average Bonchev–Trinajstić information content (AvgIpc) is 3.54. The molecule has 3 heterocycles. The quantitative estimate of drug-likeness (QED) is 0.186. The standard InChI is InChI=1S/C39H25N3O2S/c1-40-27-16-19-39-35(20-27)32-10-4-7-13-38(32)42(39)29-18-15-26-24-45(43,44)23-25-14-17-28(21-33(25)34(26)22-29)41-36-11-5-2-8-30(36)31-9-3-6-12-37(31)41/h2-22H,23-24H2. The van der Waals surface area contributed by atoms with E-state index in [1.165, 1.54) is 10.8 Å². The third-order valence-electron chi connectivity index (χ3n) is 9.11. The van der Waals surface area contributed by atoms with Gasteiger partial charge in [0.15, 0.2) is 15.5 Å². The molecule has 0 unspecified atom stereocenters. The Morgan fingerprint density at radius 1 is 0.511 bits per heavy atom. The molecular formula is C39H25N3O2S. The third-order valence-corrected chi connectivity index (χ3v) is 10.6. The van der Waals surface area contributed by atoms with Crippen molar-refractivity contribution >= 4 is 59.1 Å². The molecule has 0 saturated carbocycles. The highest BCUT2D eigenvalue weighted by molar-refractivity contribution is 7.89. The van der Waals surface area contributed by atoms with Crippen LogP contribution in [0.1, 0.15) is 11.1 Å². The highest BCUT2D eigenvalue weighted by Crippen LogP contribution is 2.41. The topological polar surface area (TPSA) is 48.4 Å². The molecule has 5 nitrogen and oxygen atoms in total. The number of hydrogen-bond acceptors (Lipinski definition) is 2. The second-order valence-corrected chi connectivity index (χ2v) is 13.8. The maximum atomic E-state index is 13.3. The van der Waals surface area contributed by atoms with E-state index in [4.69, 9.17) is 6.57 Å². The van der Waals surface area contributed by atoms with Gasteiger partial charge in [-0.25, -0.2) is 13.3 Å². The van der Waals surface area contributed by atoms with Crippen LogP contribution in [0.2, 0.25) is 0 Å². The van der Waals surface area contributed by atoms with E-state index in [0.29, 0.717) is 5.69 Å². The Hall–Kier alpha value is -5.64. The smallest absolute Gasteiger partial charge is 0.188 e. The minimum Gasteiger partial charge on any atom is -0.309 e. The van der Waals surface area contributed by atoms with Gasteiger partial charge in [0.05, 0.1) is 40.1 Å². The summed E-state index contributed by atoms with van der Waals surface area (Å²) >= 11 is 0. The maximum absolute atomic E-state index is 13.3. The highest BCUT2D eigenvalue weighted by Gasteiger charge is 2.26. The Labute approximate surface area is 259 Å².